The van der Waals surface area contributed by atoms with Gasteiger partial charge in [-0.3, -0.25) is 9.78 Å². The van der Waals surface area contributed by atoms with E-state index in [2.05, 4.69) is 9.72 Å². The highest BCUT2D eigenvalue weighted by Crippen LogP contribution is 2.19. The Labute approximate surface area is 99.0 Å². The molecule has 0 bridgehead atoms. The number of aliphatic hydroxyl groups excluding tert-OH is 1. The predicted octanol–water partition coefficient (Wildman–Crippen LogP) is 1.79. The minimum atomic E-state index is -0.547. The Bertz CT molecular complexity index is 338. The molecule has 1 rings (SSSR count). The summed E-state index contributed by atoms with van der Waals surface area (Å²) >= 11 is 1.54. The van der Waals surface area contributed by atoms with E-state index in [-0.39, 0.29) is 5.97 Å². The minimum Gasteiger partial charge on any atom is -0.469 e. The summed E-state index contributed by atoms with van der Waals surface area (Å²) in [5.41, 5.74) is 0.650. The van der Waals surface area contributed by atoms with E-state index in [0.29, 0.717) is 17.9 Å². The molecule has 0 aliphatic rings. The van der Waals surface area contributed by atoms with Crippen molar-refractivity contribution in [3.8, 4) is 0 Å². The molecule has 0 aliphatic carbocycles. The molecule has 0 saturated carbocycles. The second-order valence-electron chi connectivity index (χ2n) is 3.27. The number of pyridine rings is 1. The molecule has 5 heteroatoms. The van der Waals surface area contributed by atoms with E-state index in [1.807, 2.05) is 6.07 Å². The van der Waals surface area contributed by atoms with Crippen molar-refractivity contribution in [1.82, 2.24) is 4.98 Å². The summed E-state index contributed by atoms with van der Waals surface area (Å²) in [5.74, 6) is 0.462. The van der Waals surface area contributed by atoms with Gasteiger partial charge in [-0.1, -0.05) is 0 Å². The normalized spacial score (nSPS) is 12.2. The highest BCUT2D eigenvalue weighted by molar-refractivity contribution is 7.99. The van der Waals surface area contributed by atoms with Gasteiger partial charge in [0, 0.05) is 16.8 Å². The molecule has 1 atom stereocenters. The maximum absolute atomic E-state index is 10.9. The van der Waals surface area contributed by atoms with Crippen LogP contribution in [0.4, 0.5) is 0 Å². The third-order valence-electron chi connectivity index (χ3n) is 1.99. The van der Waals surface area contributed by atoms with Crippen LogP contribution in [-0.4, -0.2) is 28.9 Å². The highest BCUT2D eigenvalue weighted by atomic mass is 32.2. The predicted molar refractivity (Wildman–Crippen MR) is 62.2 cm³/mol. The number of hydrogen-bond acceptors (Lipinski definition) is 5. The summed E-state index contributed by atoms with van der Waals surface area (Å²) in [6.07, 6.45) is 1.54. The molecule has 1 heterocycles. The van der Waals surface area contributed by atoms with Gasteiger partial charge in [0.1, 0.15) is 0 Å². The van der Waals surface area contributed by atoms with Crippen LogP contribution in [0.1, 0.15) is 25.1 Å². The number of nitrogens with zero attached hydrogens (tertiary/aromatic N) is 1. The smallest absolute Gasteiger partial charge is 0.306 e. The summed E-state index contributed by atoms with van der Waals surface area (Å²) in [4.78, 5) is 16.0. The molecule has 0 fully saturated rings. The zero-order valence-corrected chi connectivity index (χ0v) is 10.2. The highest BCUT2D eigenvalue weighted by Gasteiger charge is 2.03. The minimum absolute atomic E-state index is 0.207. The van der Waals surface area contributed by atoms with Crippen LogP contribution in [0.5, 0.6) is 0 Å². The van der Waals surface area contributed by atoms with E-state index >= 15 is 0 Å². The first-order valence-electron chi connectivity index (χ1n) is 4.97. The van der Waals surface area contributed by atoms with Crippen LogP contribution in [0.2, 0.25) is 0 Å². The average molecular weight is 241 g/mol. The summed E-state index contributed by atoms with van der Waals surface area (Å²) in [6.45, 7) is 1.67. The molecule has 0 aliphatic heterocycles. The van der Waals surface area contributed by atoms with Crippen LogP contribution >= 0.6 is 11.8 Å². The lowest BCUT2D eigenvalue weighted by atomic mass is 10.2. The molecule has 0 unspecified atom stereocenters. The van der Waals surface area contributed by atoms with E-state index in [1.165, 1.54) is 18.9 Å². The summed E-state index contributed by atoms with van der Waals surface area (Å²) in [7, 11) is 1.38. The Morgan fingerprint density at radius 3 is 2.88 bits per heavy atom. The van der Waals surface area contributed by atoms with Crippen molar-refractivity contribution in [2.24, 2.45) is 0 Å². The van der Waals surface area contributed by atoms with Gasteiger partial charge < -0.3 is 9.84 Å². The van der Waals surface area contributed by atoms with Crippen LogP contribution in [0, 0.1) is 0 Å². The average Bonchev–Trinajstić information content (AvgIpc) is 2.29. The van der Waals surface area contributed by atoms with Crippen LogP contribution < -0.4 is 0 Å². The van der Waals surface area contributed by atoms with Gasteiger partial charge in [0.2, 0.25) is 0 Å². The third-order valence-corrected chi connectivity index (χ3v) is 2.97. The molecule has 0 amide bonds. The molecule has 4 nitrogen and oxygen atoms in total. The number of esters is 1. The first-order chi connectivity index (χ1) is 7.63. The van der Waals surface area contributed by atoms with E-state index in [0.717, 1.165) is 4.90 Å². The molecular weight excluding hydrogens is 226 g/mol. The lowest BCUT2D eigenvalue weighted by molar-refractivity contribution is -0.140. The Balaban J connectivity index is 2.40. The van der Waals surface area contributed by atoms with Crippen LogP contribution in [0.3, 0.4) is 0 Å². The fourth-order valence-electron chi connectivity index (χ4n) is 1.08. The van der Waals surface area contributed by atoms with E-state index in [1.54, 1.807) is 19.2 Å². The van der Waals surface area contributed by atoms with Crippen molar-refractivity contribution in [1.29, 1.82) is 0 Å². The van der Waals surface area contributed by atoms with Crippen LogP contribution in [-0.2, 0) is 9.53 Å². The van der Waals surface area contributed by atoms with Crippen molar-refractivity contribution in [2.75, 3.05) is 12.9 Å². The van der Waals surface area contributed by atoms with Gasteiger partial charge in [0.15, 0.2) is 0 Å². The number of aromatic nitrogens is 1. The van der Waals surface area contributed by atoms with Gasteiger partial charge in [-0.25, -0.2) is 0 Å². The van der Waals surface area contributed by atoms with Gasteiger partial charge in [0.25, 0.3) is 0 Å². The zero-order valence-electron chi connectivity index (χ0n) is 9.34. The summed E-state index contributed by atoms with van der Waals surface area (Å²) in [5, 5.41) is 9.26. The second kappa shape index (κ2) is 6.50. The first kappa shape index (κ1) is 13.0. The lowest BCUT2D eigenvalue weighted by Crippen LogP contribution is -2.01. The van der Waals surface area contributed by atoms with Crippen molar-refractivity contribution in [2.45, 2.75) is 24.3 Å². The number of methoxy groups -OCH3 is 1. The molecule has 16 heavy (non-hydrogen) atoms. The topological polar surface area (TPSA) is 59.4 Å². The summed E-state index contributed by atoms with van der Waals surface area (Å²) < 4.78 is 4.54. The molecule has 88 valence electrons. The Hall–Kier alpha value is -1.07. The standard InChI is InChI=1S/C11H15NO3S/c1-8(13)10-4-3-9(7-12-10)16-6-5-11(14)15-2/h3-4,7-8,13H,5-6H2,1-2H3/t8-/m0/s1. The number of carbonyl (C=O) groups excluding carboxylic acids is 1. The van der Waals surface area contributed by atoms with Crippen LogP contribution in [0.25, 0.3) is 0 Å². The Morgan fingerprint density at radius 1 is 1.62 bits per heavy atom. The van der Waals surface area contributed by atoms with Gasteiger partial charge in [0.05, 0.1) is 25.3 Å². The number of rotatable bonds is 5. The molecule has 0 spiro atoms. The molecule has 1 N–H and O–H groups in total. The number of carbonyl (C=O) groups is 1. The fourth-order valence-corrected chi connectivity index (χ4v) is 1.87. The number of hydrogen-bond donors (Lipinski definition) is 1. The second-order valence-corrected chi connectivity index (χ2v) is 4.44. The number of ether oxygens (including phenoxy) is 1. The molecule has 0 radical (unpaired) electrons. The Kier molecular flexibility index (Phi) is 5.28. The first-order valence-corrected chi connectivity index (χ1v) is 5.95. The van der Waals surface area contributed by atoms with Crippen molar-refractivity contribution < 1.29 is 14.6 Å². The monoisotopic (exact) mass is 241 g/mol. The quantitative estimate of drug-likeness (QED) is 0.629. The van der Waals surface area contributed by atoms with E-state index in [4.69, 9.17) is 0 Å². The fraction of sp³-hybridized carbons (Fsp3) is 0.455. The SMILES string of the molecule is COC(=O)CCSc1ccc([C@H](C)O)nc1. The molecule has 1 aromatic heterocycles. The Morgan fingerprint density at radius 2 is 2.38 bits per heavy atom. The van der Waals surface area contributed by atoms with Crippen molar-refractivity contribution in [3.05, 3.63) is 24.0 Å². The molecule has 0 saturated heterocycles. The van der Waals surface area contributed by atoms with Gasteiger partial charge in [-0.05, 0) is 19.1 Å². The molecule has 1 aromatic rings. The van der Waals surface area contributed by atoms with Crippen LogP contribution in [0.15, 0.2) is 23.2 Å². The van der Waals surface area contributed by atoms with Gasteiger partial charge in [-0.15, -0.1) is 11.8 Å². The molecule has 0 aromatic carbocycles. The van der Waals surface area contributed by atoms with E-state index in [9.17, 15) is 9.90 Å². The summed E-state index contributed by atoms with van der Waals surface area (Å²) in [6, 6.07) is 3.67. The van der Waals surface area contributed by atoms with Crippen molar-refractivity contribution in [3.63, 3.8) is 0 Å². The van der Waals surface area contributed by atoms with Crippen molar-refractivity contribution >= 4 is 17.7 Å². The third kappa shape index (κ3) is 4.20. The largest absolute Gasteiger partial charge is 0.469 e. The maximum Gasteiger partial charge on any atom is 0.306 e. The van der Waals surface area contributed by atoms with E-state index < -0.39 is 6.10 Å². The zero-order chi connectivity index (χ0) is 12.0. The lowest BCUT2D eigenvalue weighted by Gasteiger charge is -2.04. The molecular formula is C11H15NO3S. The van der Waals surface area contributed by atoms with Gasteiger partial charge in [-0.2, -0.15) is 0 Å². The van der Waals surface area contributed by atoms with Gasteiger partial charge >= 0.3 is 5.97 Å². The number of thioether (sulfide) groups is 1. The number of aliphatic hydroxyl groups is 1. The maximum atomic E-state index is 10.9.